The van der Waals surface area contributed by atoms with Gasteiger partial charge in [0.1, 0.15) is 0 Å². The molecule has 1 aromatic heterocycles. The van der Waals surface area contributed by atoms with Crippen LogP contribution < -0.4 is 5.32 Å². The summed E-state index contributed by atoms with van der Waals surface area (Å²) in [4.78, 5) is 4.13. The molecule has 0 bridgehead atoms. The average molecular weight is 282 g/mol. The monoisotopic (exact) mass is 282 g/mol. The van der Waals surface area contributed by atoms with Crippen LogP contribution in [0.15, 0.2) is 11.4 Å². The highest BCUT2D eigenvalue weighted by atomic mass is 32.1. The minimum absolute atomic E-state index is 0.842. The summed E-state index contributed by atoms with van der Waals surface area (Å²) >= 11 is 1.91. The fraction of sp³-hybridized carbons (Fsp3) is 0.733. The number of hydrogen-bond acceptors (Lipinski definition) is 4. The van der Waals surface area contributed by atoms with E-state index >= 15 is 0 Å². The van der Waals surface area contributed by atoms with Crippen molar-refractivity contribution in [2.45, 2.75) is 32.7 Å². The summed E-state index contributed by atoms with van der Waals surface area (Å²) in [6.45, 7) is 9.47. The molecule has 4 heteroatoms. The quantitative estimate of drug-likeness (QED) is 0.704. The van der Waals surface area contributed by atoms with Crippen LogP contribution >= 0.6 is 11.3 Å². The first kappa shape index (κ1) is 15.0. The van der Waals surface area contributed by atoms with Crippen molar-refractivity contribution in [2.24, 2.45) is 0 Å². The van der Waals surface area contributed by atoms with E-state index in [2.05, 4.69) is 28.6 Å². The number of hydrogen-bond donors (Lipinski definition) is 1. The molecule has 1 aromatic rings. The smallest absolute Gasteiger partial charge is 0.0590 e. The van der Waals surface area contributed by atoms with Crippen molar-refractivity contribution in [1.29, 1.82) is 0 Å². The van der Waals surface area contributed by atoms with Gasteiger partial charge < -0.3 is 10.1 Å². The molecule has 0 radical (unpaired) electrons. The Kier molecular flexibility index (Phi) is 6.85. The van der Waals surface area contributed by atoms with Crippen LogP contribution in [0.4, 0.5) is 0 Å². The summed E-state index contributed by atoms with van der Waals surface area (Å²) in [5.41, 5.74) is 1.54. The number of fused-ring (bicyclic) bond motifs is 1. The zero-order chi connectivity index (χ0) is 13.3. The second kappa shape index (κ2) is 8.69. The van der Waals surface area contributed by atoms with E-state index in [-0.39, 0.29) is 0 Å². The Hall–Kier alpha value is -0.420. The zero-order valence-corrected chi connectivity index (χ0v) is 12.8. The maximum Gasteiger partial charge on any atom is 0.0590 e. The largest absolute Gasteiger partial charge is 0.380 e. The molecule has 3 nitrogen and oxygen atoms in total. The first-order chi connectivity index (χ1) is 9.40. The van der Waals surface area contributed by atoms with Gasteiger partial charge in [-0.2, -0.15) is 0 Å². The lowest BCUT2D eigenvalue weighted by Gasteiger charge is -2.26. The van der Waals surface area contributed by atoms with Crippen LogP contribution in [0, 0.1) is 0 Å². The van der Waals surface area contributed by atoms with Gasteiger partial charge in [-0.3, -0.25) is 4.90 Å². The molecule has 0 spiro atoms. The van der Waals surface area contributed by atoms with E-state index in [1.807, 2.05) is 11.3 Å². The maximum absolute atomic E-state index is 5.53. The van der Waals surface area contributed by atoms with Gasteiger partial charge in [-0.1, -0.05) is 13.3 Å². The molecule has 0 saturated carbocycles. The van der Waals surface area contributed by atoms with Crippen molar-refractivity contribution in [2.75, 3.05) is 39.4 Å². The summed E-state index contributed by atoms with van der Waals surface area (Å²) in [5, 5.41) is 5.69. The number of thiophene rings is 1. The molecule has 0 aliphatic carbocycles. The first-order valence-electron chi connectivity index (χ1n) is 7.46. The third kappa shape index (κ3) is 5.22. The molecule has 108 valence electrons. The van der Waals surface area contributed by atoms with Gasteiger partial charge in [-0.25, -0.2) is 0 Å². The van der Waals surface area contributed by atoms with Crippen molar-refractivity contribution in [3.05, 3.63) is 21.9 Å². The van der Waals surface area contributed by atoms with Gasteiger partial charge in [-0.05, 0) is 29.9 Å². The van der Waals surface area contributed by atoms with Gasteiger partial charge in [0.15, 0.2) is 0 Å². The summed E-state index contributed by atoms with van der Waals surface area (Å²) in [5.74, 6) is 0. The molecule has 2 heterocycles. The Bertz CT molecular complexity index is 354. The van der Waals surface area contributed by atoms with Gasteiger partial charge in [0.25, 0.3) is 0 Å². The number of nitrogens with zero attached hydrogens (tertiary/aromatic N) is 1. The van der Waals surface area contributed by atoms with Crippen LogP contribution in [-0.4, -0.2) is 44.3 Å². The lowest BCUT2D eigenvalue weighted by Crippen LogP contribution is -2.36. The molecule has 0 unspecified atom stereocenters. The lowest BCUT2D eigenvalue weighted by atomic mass is 10.1. The molecule has 19 heavy (non-hydrogen) atoms. The van der Waals surface area contributed by atoms with Crippen molar-refractivity contribution >= 4 is 11.3 Å². The third-order valence-electron chi connectivity index (χ3n) is 3.56. The summed E-state index contributed by atoms with van der Waals surface area (Å²) < 4.78 is 5.53. The second-order valence-corrected chi connectivity index (χ2v) is 6.11. The Labute approximate surface area is 121 Å². The highest BCUT2D eigenvalue weighted by molar-refractivity contribution is 7.10. The van der Waals surface area contributed by atoms with Crippen molar-refractivity contribution in [1.82, 2.24) is 10.2 Å². The van der Waals surface area contributed by atoms with E-state index in [0.717, 1.165) is 39.4 Å². The van der Waals surface area contributed by atoms with Crippen LogP contribution in [0.1, 0.15) is 30.2 Å². The van der Waals surface area contributed by atoms with Gasteiger partial charge in [0, 0.05) is 44.2 Å². The Morgan fingerprint density at radius 2 is 2.32 bits per heavy atom. The van der Waals surface area contributed by atoms with Crippen molar-refractivity contribution < 1.29 is 4.74 Å². The molecule has 1 aliphatic rings. The Morgan fingerprint density at radius 1 is 1.37 bits per heavy atom. The molecule has 0 amide bonds. The average Bonchev–Trinajstić information content (AvgIpc) is 2.89. The van der Waals surface area contributed by atoms with Gasteiger partial charge in [-0.15, -0.1) is 11.3 Å². The SMILES string of the molecule is CCCCOCCNCCN1CCc2sccc2C1. The van der Waals surface area contributed by atoms with Gasteiger partial charge >= 0.3 is 0 Å². The topological polar surface area (TPSA) is 24.5 Å². The normalized spacial score (nSPS) is 15.6. The molecule has 0 fully saturated rings. The molecule has 0 atom stereocenters. The number of ether oxygens (including phenoxy) is 1. The lowest BCUT2D eigenvalue weighted by molar-refractivity contribution is 0.132. The van der Waals surface area contributed by atoms with E-state index in [4.69, 9.17) is 4.74 Å². The third-order valence-corrected chi connectivity index (χ3v) is 4.58. The molecule has 0 saturated heterocycles. The first-order valence-corrected chi connectivity index (χ1v) is 8.34. The van der Waals surface area contributed by atoms with E-state index < -0.39 is 0 Å². The van der Waals surface area contributed by atoms with Crippen LogP contribution in [0.2, 0.25) is 0 Å². The van der Waals surface area contributed by atoms with Gasteiger partial charge in [0.05, 0.1) is 6.61 Å². The Morgan fingerprint density at radius 3 is 3.21 bits per heavy atom. The zero-order valence-electron chi connectivity index (χ0n) is 12.0. The fourth-order valence-electron chi connectivity index (χ4n) is 2.35. The minimum atomic E-state index is 0.842. The number of unbranched alkanes of at least 4 members (excludes halogenated alkanes) is 1. The van der Waals surface area contributed by atoms with E-state index in [1.54, 1.807) is 10.4 Å². The predicted molar refractivity (Wildman–Crippen MR) is 81.9 cm³/mol. The standard InChI is InChI=1S/C15H26N2OS/c1-2-3-10-18-11-7-16-6-9-17-8-4-15-14(13-17)5-12-19-15/h5,12,16H,2-4,6-11,13H2,1H3. The van der Waals surface area contributed by atoms with Crippen LogP contribution in [0.3, 0.4) is 0 Å². The van der Waals surface area contributed by atoms with Gasteiger partial charge in [0.2, 0.25) is 0 Å². The molecular formula is C15H26N2OS. The summed E-state index contributed by atoms with van der Waals surface area (Å²) in [7, 11) is 0. The second-order valence-electron chi connectivity index (χ2n) is 5.11. The maximum atomic E-state index is 5.53. The predicted octanol–water partition coefficient (Wildman–Crippen LogP) is 2.51. The molecule has 1 aliphatic heterocycles. The van der Waals surface area contributed by atoms with Crippen LogP contribution in [0.5, 0.6) is 0 Å². The number of nitrogens with one attached hydrogen (secondary N) is 1. The van der Waals surface area contributed by atoms with E-state index in [9.17, 15) is 0 Å². The van der Waals surface area contributed by atoms with Crippen LogP contribution in [0.25, 0.3) is 0 Å². The van der Waals surface area contributed by atoms with Crippen molar-refractivity contribution in [3.63, 3.8) is 0 Å². The van der Waals surface area contributed by atoms with Crippen LogP contribution in [-0.2, 0) is 17.7 Å². The summed E-state index contributed by atoms with van der Waals surface area (Å²) in [6, 6.07) is 2.28. The fourth-order valence-corrected chi connectivity index (χ4v) is 3.24. The molecule has 0 aromatic carbocycles. The molecule has 2 rings (SSSR count). The number of rotatable bonds is 9. The summed E-state index contributed by atoms with van der Waals surface area (Å²) in [6.07, 6.45) is 3.62. The van der Waals surface area contributed by atoms with E-state index in [1.165, 1.54) is 25.8 Å². The van der Waals surface area contributed by atoms with E-state index in [0.29, 0.717) is 0 Å². The highest BCUT2D eigenvalue weighted by Gasteiger charge is 2.16. The molecule has 1 N–H and O–H groups in total. The highest BCUT2D eigenvalue weighted by Crippen LogP contribution is 2.23. The van der Waals surface area contributed by atoms with Crippen molar-refractivity contribution in [3.8, 4) is 0 Å². The Balaban J connectivity index is 1.48. The molecular weight excluding hydrogens is 256 g/mol. The minimum Gasteiger partial charge on any atom is -0.380 e.